The van der Waals surface area contributed by atoms with Crippen molar-refractivity contribution in [2.24, 2.45) is 0 Å². The van der Waals surface area contributed by atoms with Crippen molar-refractivity contribution in [2.75, 3.05) is 18.6 Å². The second-order valence-corrected chi connectivity index (χ2v) is 10.6. The fourth-order valence-corrected chi connectivity index (χ4v) is 5.41. The van der Waals surface area contributed by atoms with Crippen LogP contribution in [0, 0.1) is 0 Å². The lowest BCUT2D eigenvalue weighted by molar-refractivity contribution is -0.121. The van der Waals surface area contributed by atoms with Gasteiger partial charge in [-0.1, -0.05) is 30.0 Å². The minimum Gasteiger partial charge on any atom is -0.497 e. The molecule has 0 bridgehead atoms. The van der Waals surface area contributed by atoms with Crippen molar-refractivity contribution in [3.8, 4) is 17.2 Å². The van der Waals surface area contributed by atoms with Crippen molar-refractivity contribution in [3.63, 3.8) is 0 Å². The molecule has 11 nitrogen and oxygen atoms in total. The Morgan fingerprint density at radius 2 is 1.74 bits per heavy atom. The number of hydrogen-bond acceptors (Lipinski definition) is 11. The number of ketones is 1. The van der Waals surface area contributed by atoms with Crippen LogP contribution in [0.25, 0.3) is 22.4 Å². The monoisotopic (exact) mass is 594 g/mol. The Bertz CT molecular complexity index is 1820. The smallest absolute Gasteiger partial charge is 0.338 e. The molecule has 12 heteroatoms. The number of imide groups is 1. The molecule has 0 saturated carbocycles. The quantitative estimate of drug-likeness (QED) is 0.132. The van der Waals surface area contributed by atoms with Gasteiger partial charge in [-0.15, -0.1) is 5.10 Å². The van der Waals surface area contributed by atoms with Crippen LogP contribution in [0.2, 0.25) is 0 Å². The molecule has 1 fully saturated rings. The van der Waals surface area contributed by atoms with E-state index < -0.39 is 29.6 Å². The normalized spacial score (nSPS) is 14.7. The van der Waals surface area contributed by atoms with E-state index in [-0.39, 0.29) is 22.9 Å². The van der Waals surface area contributed by atoms with Gasteiger partial charge in [-0.3, -0.25) is 14.4 Å². The third-order valence-electron chi connectivity index (χ3n) is 6.68. The van der Waals surface area contributed by atoms with Crippen molar-refractivity contribution in [2.45, 2.75) is 16.8 Å². The number of thioether (sulfide) groups is 1. The minimum atomic E-state index is -0.756. The zero-order chi connectivity index (χ0) is 29.9. The summed E-state index contributed by atoms with van der Waals surface area (Å²) in [6.45, 7) is -0.441. The summed E-state index contributed by atoms with van der Waals surface area (Å²) >= 11 is 1.04. The Balaban J connectivity index is 1.09. The molecule has 0 N–H and O–H groups in total. The Hall–Kier alpha value is -5.36. The lowest BCUT2D eigenvalue weighted by Crippen LogP contribution is -2.31. The summed E-state index contributed by atoms with van der Waals surface area (Å²) in [5.74, 6) is -0.803. The largest absolute Gasteiger partial charge is 0.497 e. The fraction of sp³-hybridized carbons (Fsp3) is 0.129. The van der Waals surface area contributed by atoms with Gasteiger partial charge in [0.25, 0.3) is 0 Å². The van der Waals surface area contributed by atoms with Gasteiger partial charge >= 0.3 is 5.97 Å². The maximum Gasteiger partial charge on any atom is 0.338 e. The molecule has 3 aromatic carbocycles. The van der Waals surface area contributed by atoms with Crippen molar-refractivity contribution < 1.29 is 33.1 Å². The number of methoxy groups -OCH3 is 1. The van der Waals surface area contributed by atoms with E-state index in [1.54, 1.807) is 24.3 Å². The number of fused-ring (bicyclic) bond motifs is 1. The zero-order valence-corrected chi connectivity index (χ0v) is 23.4. The number of hydrogen-bond donors (Lipinski definition) is 0. The first-order valence-corrected chi connectivity index (χ1v) is 13.9. The number of furan rings is 1. The summed E-state index contributed by atoms with van der Waals surface area (Å²) < 4.78 is 16.1. The van der Waals surface area contributed by atoms with Gasteiger partial charge in [0.2, 0.25) is 17.0 Å². The summed E-state index contributed by atoms with van der Waals surface area (Å²) in [4.78, 5) is 56.4. The van der Waals surface area contributed by atoms with Gasteiger partial charge in [0.05, 0.1) is 24.6 Å². The Morgan fingerprint density at radius 3 is 2.49 bits per heavy atom. The molecule has 2 aromatic heterocycles. The average molecular weight is 595 g/mol. The van der Waals surface area contributed by atoms with Crippen LogP contribution in [-0.2, 0) is 14.3 Å². The lowest BCUT2D eigenvalue weighted by Gasteiger charge is -2.15. The van der Waals surface area contributed by atoms with E-state index in [0.29, 0.717) is 34.0 Å². The third-order valence-corrected chi connectivity index (χ3v) is 7.71. The number of ether oxygens (including phenoxy) is 2. The molecule has 0 aliphatic carbocycles. The Morgan fingerprint density at radius 1 is 1.00 bits per heavy atom. The highest BCUT2D eigenvalue weighted by Gasteiger charge is 2.41. The maximum atomic E-state index is 13.2. The van der Waals surface area contributed by atoms with Crippen LogP contribution >= 0.6 is 11.8 Å². The SMILES string of the molecule is COc1ccc(C(=O)COC(=O)c2ccc(N3C(=O)CC(Sc4nncc(-c5cc6ccccc6o5)n4)C3=O)cc2)cc1. The number of esters is 1. The molecule has 1 unspecified atom stereocenters. The fourth-order valence-electron chi connectivity index (χ4n) is 4.48. The van der Waals surface area contributed by atoms with Gasteiger partial charge in [0.1, 0.15) is 22.3 Å². The number of carbonyl (C=O) groups is 4. The first kappa shape index (κ1) is 27.8. The average Bonchev–Trinajstić information content (AvgIpc) is 3.60. The molecule has 2 amide bonds. The van der Waals surface area contributed by atoms with Crippen molar-refractivity contribution in [3.05, 3.63) is 96.2 Å². The van der Waals surface area contributed by atoms with Gasteiger partial charge in [-0.05, 0) is 60.7 Å². The minimum absolute atomic E-state index is 0.0566. The highest BCUT2D eigenvalue weighted by Crippen LogP contribution is 2.34. The van der Waals surface area contributed by atoms with E-state index in [2.05, 4.69) is 15.2 Å². The maximum absolute atomic E-state index is 13.2. The second kappa shape index (κ2) is 11.9. The van der Waals surface area contributed by atoms with E-state index in [0.717, 1.165) is 22.0 Å². The summed E-state index contributed by atoms with van der Waals surface area (Å²) in [5.41, 5.74) is 2.01. The molecular formula is C31H22N4O7S. The zero-order valence-electron chi connectivity index (χ0n) is 22.6. The van der Waals surface area contributed by atoms with Crippen molar-refractivity contribution in [1.29, 1.82) is 0 Å². The summed E-state index contributed by atoms with van der Waals surface area (Å²) in [6, 6.07) is 21.7. The first-order chi connectivity index (χ1) is 20.9. The van der Waals surface area contributed by atoms with Crippen LogP contribution < -0.4 is 9.64 Å². The van der Waals surface area contributed by atoms with Crippen LogP contribution in [0.4, 0.5) is 5.69 Å². The van der Waals surface area contributed by atoms with Gasteiger partial charge in [0.15, 0.2) is 18.2 Å². The third kappa shape index (κ3) is 5.86. The predicted octanol–water partition coefficient (Wildman–Crippen LogP) is 4.76. The molecule has 43 heavy (non-hydrogen) atoms. The van der Waals surface area contributed by atoms with E-state index in [4.69, 9.17) is 13.9 Å². The van der Waals surface area contributed by atoms with Crippen LogP contribution in [0.15, 0.2) is 94.6 Å². The topological polar surface area (TPSA) is 142 Å². The van der Waals surface area contributed by atoms with Crippen LogP contribution in [-0.4, -0.2) is 57.7 Å². The van der Waals surface area contributed by atoms with Crippen LogP contribution in [0.1, 0.15) is 27.1 Å². The van der Waals surface area contributed by atoms with E-state index in [9.17, 15) is 19.2 Å². The van der Waals surface area contributed by atoms with E-state index in [1.807, 2.05) is 30.3 Å². The molecule has 0 spiro atoms. The summed E-state index contributed by atoms with van der Waals surface area (Å²) in [6.07, 6.45) is 1.41. The molecule has 3 heterocycles. The molecule has 1 aliphatic heterocycles. The number of para-hydroxylation sites is 1. The second-order valence-electron chi connectivity index (χ2n) is 9.43. The predicted molar refractivity (Wildman–Crippen MR) is 156 cm³/mol. The van der Waals surface area contributed by atoms with Crippen molar-refractivity contribution in [1.82, 2.24) is 15.2 Å². The van der Waals surface area contributed by atoms with Gasteiger partial charge in [-0.2, -0.15) is 5.10 Å². The molecule has 6 rings (SSSR count). The number of nitrogens with zero attached hydrogens (tertiary/aromatic N) is 4. The molecule has 0 radical (unpaired) electrons. The van der Waals surface area contributed by atoms with Crippen LogP contribution in [0.3, 0.4) is 0 Å². The Labute approximate surface area is 248 Å². The van der Waals surface area contributed by atoms with Crippen LogP contribution in [0.5, 0.6) is 5.75 Å². The molecular weight excluding hydrogens is 572 g/mol. The van der Waals surface area contributed by atoms with Gasteiger partial charge in [0, 0.05) is 17.4 Å². The van der Waals surface area contributed by atoms with Crippen molar-refractivity contribution >= 4 is 52.0 Å². The summed E-state index contributed by atoms with van der Waals surface area (Å²) in [7, 11) is 1.52. The molecule has 1 atom stereocenters. The number of anilines is 1. The molecule has 1 saturated heterocycles. The van der Waals surface area contributed by atoms with E-state index >= 15 is 0 Å². The number of Topliss-reactive ketones (excluding diaryl/α,β-unsaturated/α-hetero) is 1. The number of aromatic nitrogens is 3. The number of carbonyl (C=O) groups excluding carboxylic acids is 4. The Kier molecular flexibility index (Phi) is 7.67. The standard InChI is InChI=1S/C31H22N4O7S/c1-40-22-12-8-18(9-13-22)24(36)17-41-30(39)19-6-10-21(11-7-19)35-28(37)15-27(29(35)38)43-31-33-23(16-32-34-31)26-14-20-4-2-3-5-25(20)42-26/h2-14,16,27H,15,17H2,1H3. The van der Waals surface area contributed by atoms with E-state index in [1.165, 1.54) is 37.6 Å². The lowest BCUT2D eigenvalue weighted by atomic mass is 10.1. The van der Waals surface area contributed by atoms with Gasteiger partial charge < -0.3 is 13.9 Å². The number of amides is 2. The summed E-state index contributed by atoms with van der Waals surface area (Å²) in [5, 5.41) is 8.41. The molecule has 214 valence electrons. The number of benzene rings is 3. The van der Waals surface area contributed by atoms with Gasteiger partial charge in [-0.25, -0.2) is 14.7 Å². The number of rotatable bonds is 9. The molecule has 1 aliphatic rings. The highest BCUT2D eigenvalue weighted by molar-refractivity contribution is 8.00. The first-order valence-electron chi connectivity index (χ1n) is 13.1. The molecule has 5 aromatic rings. The highest BCUT2D eigenvalue weighted by atomic mass is 32.2.